The van der Waals surface area contributed by atoms with Gasteiger partial charge in [-0.1, -0.05) is 0 Å². The Morgan fingerprint density at radius 2 is 2.21 bits per heavy atom. The first kappa shape index (κ1) is 11.8. The van der Waals surface area contributed by atoms with E-state index in [9.17, 15) is 14.4 Å². The Bertz CT molecular complexity index is 539. The molecule has 0 aromatic carbocycles. The van der Waals surface area contributed by atoms with Crippen LogP contribution in [0.1, 0.15) is 23.3 Å². The molecule has 4 amide bonds. The molecule has 0 saturated carbocycles. The predicted octanol–water partition coefficient (Wildman–Crippen LogP) is -0.171. The number of carbonyl (C=O) groups excluding carboxylic acids is 3. The SMILES string of the molecule is O=C1NC(=O)C2(CCCN(C(=O)c3ccc[nH]3)C2)N1. The Hall–Kier alpha value is -2.31. The Morgan fingerprint density at radius 3 is 2.84 bits per heavy atom. The molecule has 2 aliphatic heterocycles. The number of nitrogens with one attached hydrogen (secondary N) is 3. The molecule has 3 rings (SSSR count). The Morgan fingerprint density at radius 1 is 1.37 bits per heavy atom. The number of aromatic nitrogens is 1. The lowest BCUT2D eigenvalue weighted by Crippen LogP contribution is -2.59. The number of H-pyrrole nitrogens is 1. The van der Waals surface area contributed by atoms with E-state index in [1.807, 2.05) is 0 Å². The summed E-state index contributed by atoms with van der Waals surface area (Å²) >= 11 is 0. The minimum atomic E-state index is -0.961. The van der Waals surface area contributed by atoms with Gasteiger partial charge in [0.15, 0.2) is 0 Å². The van der Waals surface area contributed by atoms with Gasteiger partial charge in [0.1, 0.15) is 11.2 Å². The van der Waals surface area contributed by atoms with Crippen molar-refractivity contribution in [1.82, 2.24) is 20.5 Å². The van der Waals surface area contributed by atoms with Crippen molar-refractivity contribution in [1.29, 1.82) is 0 Å². The second kappa shape index (κ2) is 4.11. The molecular weight excluding hydrogens is 248 g/mol. The molecule has 1 atom stereocenters. The zero-order valence-electron chi connectivity index (χ0n) is 10.2. The Balaban J connectivity index is 1.80. The Labute approximate surface area is 109 Å². The summed E-state index contributed by atoms with van der Waals surface area (Å²) in [5.74, 6) is -0.500. The topological polar surface area (TPSA) is 94.3 Å². The van der Waals surface area contributed by atoms with E-state index in [0.717, 1.165) is 0 Å². The van der Waals surface area contributed by atoms with Crippen molar-refractivity contribution in [3.63, 3.8) is 0 Å². The second-order valence-electron chi connectivity index (χ2n) is 4.90. The first-order valence-electron chi connectivity index (χ1n) is 6.17. The molecule has 3 heterocycles. The van der Waals surface area contributed by atoms with Gasteiger partial charge in [-0.25, -0.2) is 4.79 Å². The van der Waals surface area contributed by atoms with Crippen molar-refractivity contribution in [3.8, 4) is 0 Å². The van der Waals surface area contributed by atoms with Gasteiger partial charge in [0.05, 0.1) is 6.54 Å². The lowest BCUT2D eigenvalue weighted by molar-refractivity contribution is -0.125. The maximum absolute atomic E-state index is 12.2. The lowest BCUT2D eigenvalue weighted by Gasteiger charge is -2.37. The molecule has 3 N–H and O–H groups in total. The lowest BCUT2D eigenvalue weighted by atomic mass is 9.89. The summed E-state index contributed by atoms with van der Waals surface area (Å²) < 4.78 is 0. The van der Waals surface area contributed by atoms with Crippen LogP contribution in [0, 0.1) is 0 Å². The molecular formula is C12H14N4O3. The quantitative estimate of drug-likeness (QED) is 0.613. The van der Waals surface area contributed by atoms with Crippen molar-refractivity contribution >= 4 is 17.8 Å². The van der Waals surface area contributed by atoms with E-state index in [-0.39, 0.29) is 18.4 Å². The number of nitrogens with zero attached hydrogens (tertiary/aromatic N) is 1. The van der Waals surface area contributed by atoms with Gasteiger partial charge in [-0.15, -0.1) is 0 Å². The van der Waals surface area contributed by atoms with Crippen LogP contribution in [0.15, 0.2) is 18.3 Å². The van der Waals surface area contributed by atoms with Crippen molar-refractivity contribution in [2.75, 3.05) is 13.1 Å². The minimum absolute atomic E-state index is 0.155. The van der Waals surface area contributed by atoms with Gasteiger partial charge < -0.3 is 15.2 Å². The third-order valence-corrected chi connectivity index (χ3v) is 3.62. The summed E-state index contributed by atoms with van der Waals surface area (Å²) in [7, 11) is 0. The smallest absolute Gasteiger partial charge is 0.322 e. The van der Waals surface area contributed by atoms with Crippen LogP contribution >= 0.6 is 0 Å². The number of urea groups is 1. The number of aromatic amines is 1. The average molecular weight is 262 g/mol. The maximum Gasteiger partial charge on any atom is 0.322 e. The van der Waals surface area contributed by atoms with Crippen molar-refractivity contribution in [2.24, 2.45) is 0 Å². The van der Waals surface area contributed by atoms with E-state index in [0.29, 0.717) is 25.1 Å². The molecule has 1 aromatic rings. The molecule has 7 nitrogen and oxygen atoms in total. The fourth-order valence-electron chi connectivity index (χ4n) is 2.68. The highest BCUT2D eigenvalue weighted by atomic mass is 16.2. The van der Waals surface area contributed by atoms with Crippen LogP contribution in [0.5, 0.6) is 0 Å². The molecule has 1 unspecified atom stereocenters. The minimum Gasteiger partial charge on any atom is -0.357 e. The number of piperidine rings is 1. The third kappa shape index (κ3) is 1.87. The summed E-state index contributed by atoms with van der Waals surface area (Å²) in [6, 6.07) is 2.95. The first-order valence-corrected chi connectivity index (χ1v) is 6.17. The molecule has 19 heavy (non-hydrogen) atoms. The van der Waals surface area contributed by atoms with E-state index in [4.69, 9.17) is 0 Å². The maximum atomic E-state index is 12.2. The normalized spacial score (nSPS) is 26.4. The molecule has 100 valence electrons. The summed E-state index contributed by atoms with van der Waals surface area (Å²) in [4.78, 5) is 39.8. The summed E-state index contributed by atoms with van der Waals surface area (Å²) in [5.41, 5.74) is -0.473. The fourth-order valence-corrected chi connectivity index (χ4v) is 2.68. The highest BCUT2D eigenvalue weighted by Crippen LogP contribution is 2.25. The molecule has 1 aromatic heterocycles. The highest BCUT2D eigenvalue weighted by Gasteiger charge is 2.49. The van der Waals surface area contributed by atoms with Gasteiger partial charge in [0.25, 0.3) is 11.8 Å². The van der Waals surface area contributed by atoms with Crippen LogP contribution < -0.4 is 10.6 Å². The average Bonchev–Trinajstić information content (AvgIpc) is 2.99. The number of carbonyl (C=O) groups is 3. The monoisotopic (exact) mass is 262 g/mol. The Kier molecular flexibility index (Phi) is 2.55. The largest absolute Gasteiger partial charge is 0.357 e. The predicted molar refractivity (Wildman–Crippen MR) is 65.3 cm³/mol. The summed E-state index contributed by atoms with van der Waals surface area (Å²) in [6.07, 6.45) is 2.91. The third-order valence-electron chi connectivity index (χ3n) is 3.62. The molecule has 2 fully saturated rings. The molecule has 0 bridgehead atoms. The summed E-state index contributed by atoms with van der Waals surface area (Å²) in [6.45, 7) is 0.797. The molecule has 1 spiro atoms. The highest BCUT2D eigenvalue weighted by molar-refractivity contribution is 6.07. The van der Waals surface area contributed by atoms with Gasteiger partial charge in [0, 0.05) is 12.7 Å². The van der Waals surface area contributed by atoms with Crippen molar-refractivity contribution in [2.45, 2.75) is 18.4 Å². The van der Waals surface area contributed by atoms with E-state index < -0.39 is 11.6 Å². The van der Waals surface area contributed by atoms with Crippen LogP contribution in [0.4, 0.5) is 4.79 Å². The standard InChI is InChI=1S/C12H14N4O3/c17-9(8-3-1-5-13-8)16-6-2-4-12(7-16)10(18)14-11(19)15-12/h1,3,5,13H,2,4,6-7H2,(H2,14,15,18,19). The number of imide groups is 1. The van der Waals surface area contributed by atoms with E-state index in [1.165, 1.54) is 0 Å². The van der Waals surface area contributed by atoms with Crippen LogP contribution in [0.3, 0.4) is 0 Å². The number of amides is 4. The number of likely N-dealkylation sites (tertiary alicyclic amines) is 1. The molecule has 0 aliphatic carbocycles. The first-order chi connectivity index (χ1) is 9.11. The van der Waals surface area contributed by atoms with Crippen molar-refractivity contribution < 1.29 is 14.4 Å². The number of rotatable bonds is 1. The van der Waals surface area contributed by atoms with Crippen LogP contribution in [0.25, 0.3) is 0 Å². The van der Waals surface area contributed by atoms with Gasteiger partial charge >= 0.3 is 6.03 Å². The molecule has 2 saturated heterocycles. The fraction of sp³-hybridized carbons (Fsp3) is 0.417. The zero-order chi connectivity index (χ0) is 13.5. The van der Waals surface area contributed by atoms with Gasteiger partial charge in [0.2, 0.25) is 0 Å². The zero-order valence-corrected chi connectivity index (χ0v) is 10.2. The van der Waals surface area contributed by atoms with E-state index in [2.05, 4.69) is 15.6 Å². The van der Waals surface area contributed by atoms with Gasteiger partial charge in [-0.2, -0.15) is 0 Å². The molecule has 2 aliphatic rings. The van der Waals surface area contributed by atoms with Gasteiger partial charge in [-0.3, -0.25) is 14.9 Å². The van der Waals surface area contributed by atoms with Crippen LogP contribution in [-0.2, 0) is 4.79 Å². The number of hydrogen-bond acceptors (Lipinski definition) is 3. The molecule has 0 radical (unpaired) electrons. The second-order valence-corrected chi connectivity index (χ2v) is 4.90. The summed E-state index contributed by atoms with van der Waals surface area (Å²) in [5, 5.41) is 4.88. The van der Waals surface area contributed by atoms with Crippen LogP contribution in [-0.4, -0.2) is 46.4 Å². The van der Waals surface area contributed by atoms with Crippen LogP contribution in [0.2, 0.25) is 0 Å². The molecule has 7 heteroatoms. The van der Waals surface area contributed by atoms with Crippen molar-refractivity contribution in [3.05, 3.63) is 24.0 Å². The van der Waals surface area contributed by atoms with E-state index in [1.54, 1.807) is 23.2 Å². The van der Waals surface area contributed by atoms with Gasteiger partial charge in [-0.05, 0) is 25.0 Å². The van der Waals surface area contributed by atoms with E-state index >= 15 is 0 Å². The number of hydrogen-bond donors (Lipinski definition) is 3.